The first kappa shape index (κ1) is 23.9. The molecular formula is C18H31IN2O6. The van der Waals surface area contributed by atoms with Gasteiger partial charge in [0.25, 0.3) is 0 Å². The Labute approximate surface area is 174 Å². The minimum absolute atomic E-state index is 0.263. The molecule has 1 aliphatic rings. The molecule has 3 N–H and O–H groups in total. The van der Waals surface area contributed by atoms with E-state index in [2.05, 4.69) is 10.6 Å². The van der Waals surface area contributed by atoms with Crippen molar-refractivity contribution in [3.8, 4) is 0 Å². The highest BCUT2D eigenvalue weighted by atomic mass is 127. The van der Waals surface area contributed by atoms with Crippen molar-refractivity contribution < 1.29 is 29.0 Å². The van der Waals surface area contributed by atoms with Crippen LogP contribution in [0.2, 0.25) is 0 Å². The number of rotatable bonds is 5. The Morgan fingerprint density at radius 2 is 1.85 bits per heavy atom. The van der Waals surface area contributed by atoms with Gasteiger partial charge in [-0.3, -0.25) is 9.59 Å². The van der Waals surface area contributed by atoms with Crippen LogP contribution in [0.25, 0.3) is 0 Å². The van der Waals surface area contributed by atoms with Crippen LogP contribution in [0.15, 0.2) is 0 Å². The summed E-state index contributed by atoms with van der Waals surface area (Å²) in [6, 6.07) is -1.75. The van der Waals surface area contributed by atoms with E-state index in [0.717, 1.165) is 0 Å². The van der Waals surface area contributed by atoms with Gasteiger partial charge in [0.2, 0.25) is 5.91 Å². The second-order valence-corrected chi connectivity index (χ2v) is 10.5. The molecule has 8 nitrogen and oxygen atoms in total. The van der Waals surface area contributed by atoms with E-state index < -0.39 is 50.6 Å². The van der Waals surface area contributed by atoms with Gasteiger partial charge < -0.3 is 25.2 Å². The molecule has 0 saturated carbocycles. The zero-order valence-corrected chi connectivity index (χ0v) is 19.2. The molecule has 0 aromatic carbocycles. The molecule has 2 amide bonds. The molecule has 156 valence electrons. The molecule has 0 bridgehead atoms. The lowest BCUT2D eigenvalue weighted by molar-refractivity contribution is -0.150. The Morgan fingerprint density at radius 1 is 1.30 bits per heavy atom. The second-order valence-electron chi connectivity index (χ2n) is 9.13. The summed E-state index contributed by atoms with van der Waals surface area (Å²) in [5, 5.41) is 14.9. The van der Waals surface area contributed by atoms with Gasteiger partial charge >= 0.3 is 12.1 Å². The summed E-state index contributed by atoms with van der Waals surface area (Å²) in [5.41, 5.74) is -2.42. The van der Waals surface area contributed by atoms with Gasteiger partial charge in [0.1, 0.15) is 11.6 Å². The Morgan fingerprint density at radius 3 is 2.22 bits per heavy atom. The number of amides is 2. The highest BCUT2D eigenvalue weighted by Gasteiger charge is 2.54. The fourth-order valence-corrected chi connectivity index (χ4v) is 3.82. The van der Waals surface area contributed by atoms with Crippen LogP contribution in [0.3, 0.4) is 0 Å². The smallest absolute Gasteiger partial charge is 0.408 e. The molecule has 1 fully saturated rings. The van der Waals surface area contributed by atoms with E-state index >= 15 is 0 Å². The lowest BCUT2D eigenvalue weighted by Crippen LogP contribution is -2.60. The van der Waals surface area contributed by atoms with E-state index in [0.29, 0.717) is 0 Å². The monoisotopic (exact) mass is 498 g/mol. The van der Waals surface area contributed by atoms with Crippen molar-refractivity contribution >= 4 is 40.6 Å². The van der Waals surface area contributed by atoms with Crippen LogP contribution in [-0.4, -0.2) is 51.5 Å². The molecule has 1 saturated heterocycles. The number of nitrogens with one attached hydrogen (secondary N) is 2. The van der Waals surface area contributed by atoms with Gasteiger partial charge in [-0.25, -0.2) is 4.79 Å². The van der Waals surface area contributed by atoms with Gasteiger partial charge in [-0.15, -0.1) is 0 Å². The maximum absolute atomic E-state index is 13.0. The van der Waals surface area contributed by atoms with Gasteiger partial charge in [0.05, 0.1) is 18.1 Å². The van der Waals surface area contributed by atoms with Crippen LogP contribution in [0.5, 0.6) is 0 Å². The predicted octanol–water partition coefficient (Wildman–Crippen LogP) is 2.12. The molecular weight excluding hydrogens is 467 g/mol. The number of aliphatic hydroxyl groups is 1. The van der Waals surface area contributed by atoms with Crippen molar-refractivity contribution in [2.45, 2.75) is 76.7 Å². The molecule has 4 atom stereocenters. The quantitative estimate of drug-likeness (QED) is 0.304. The van der Waals surface area contributed by atoms with Crippen molar-refractivity contribution in [2.75, 3.05) is 6.61 Å². The summed E-state index contributed by atoms with van der Waals surface area (Å²) in [6.07, 6.45) is -0.538. The van der Waals surface area contributed by atoms with E-state index in [1.54, 1.807) is 27.7 Å². The number of alkyl carbamates (subject to hydrolysis) is 1. The number of halogens is 1. The first-order valence-corrected chi connectivity index (χ1v) is 10.1. The SMILES string of the molecule is CC(C)(C)OC(=O)N[C@@H](C(=O)N[C@@H](CO)C(C)(C)C)[C@]1(C)C[C@@H](I)OC1=O. The van der Waals surface area contributed by atoms with Crippen LogP contribution in [-0.2, 0) is 19.1 Å². The van der Waals surface area contributed by atoms with E-state index in [-0.39, 0.29) is 13.0 Å². The van der Waals surface area contributed by atoms with E-state index in [1.807, 2.05) is 43.4 Å². The Kier molecular flexibility index (Phi) is 7.54. The fourth-order valence-electron chi connectivity index (χ4n) is 2.68. The summed E-state index contributed by atoms with van der Waals surface area (Å²) in [5.74, 6) is -1.13. The first-order chi connectivity index (χ1) is 12.1. The fraction of sp³-hybridized carbons (Fsp3) is 0.833. The minimum Gasteiger partial charge on any atom is -0.451 e. The van der Waals surface area contributed by atoms with Crippen molar-refractivity contribution in [1.82, 2.24) is 10.6 Å². The third-order valence-corrected chi connectivity index (χ3v) is 5.09. The number of carbonyl (C=O) groups excluding carboxylic acids is 3. The number of cyclic esters (lactones) is 1. The highest BCUT2D eigenvalue weighted by Crippen LogP contribution is 2.39. The summed E-state index contributed by atoms with van der Waals surface area (Å²) >= 11 is 1.97. The van der Waals surface area contributed by atoms with Crippen molar-refractivity contribution in [2.24, 2.45) is 10.8 Å². The van der Waals surface area contributed by atoms with Crippen LogP contribution in [0.4, 0.5) is 4.79 Å². The molecule has 1 rings (SSSR count). The summed E-state index contributed by atoms with van der Waals surface area (Å²) in [7, 11) is 0. The van der Waals surface area contributed by atoms with Crippen LogP contribution in [0, 0.1) is 10.8 Å². The lowest BCUT2D eigenvalue weighted by atomic mass is 9.79. The van der Waals surface area contributed by atoms with Gasteiger partial charge in [-0.2, -0.15) is 0 Å². The Balaban J connectivity index is 3.12. The zero-order chi connectivity index (χ0) is 21.2. The molecule has 0 radical (unpaired) electrons. The molecule has 0 aromatic heterocycles. The Bertz CT molecular complexity index is 583. The van der Waals surface area contributed by atoms with Crippen molar-refractivity contribution in [3.05, 3.63) is 0 Å². The average molecular weight is 498 g/mol. The Hall–Kier alpha value is -1.10. The highest BCUT2D eigenvalue weighted by molar-refractivity contribution is 14.1. The zero-order valence-electron chi connectivity index (χ0n) is 17.0. The minimum atomic E-state index is -1.25. The number of carbonyl (C=O) groups is 3. The number of aliphatic hydroxyl groups excluding tert-OH is 1. The number of esters is 1. The van der Waals surface area contributed by atoms with Gasteiger partial charge in [-0.05, 0) is 55.7 Å². The maximum Gasteiger partial charge on any atom is 0.408 e. The van der Waals surface area contributed by atoms with Crippen molar-refractivity contribution in [3.63, 3.8) is 0 Å². The number of ether oxygens (including phenoxy) is 2. The molecule has 1 heterocycles. The van der Waals surface area contributed by atoms with E-state index in [4.69, 9.17) is 9.47 Å². The molecule has 27 heavy (non-hydrogen) atoms. The van der Waals surface area contributed by atoms with E-state index in [1.165, 1.54) is 0 Å². The van der Waals surface area contributed by atoms with E-state index in [9.17, 15) is 19.5 Å². The van der Waals surface area contributed by atoms with Gasteiger partial charge in [-0.1, -0.05) is 20.8 Å². The summed E-state index contributed by atoms with van der Waals surface area (Å²) in [6.45, 7) is 12.0. The van der Waals surface area contributed by atoms with Crippen LogP contribution < -0.4 is 10.6 Å². The molecule has 1 aliphatic heterocycles. The normalized spacial score (nSPS) is 25.4. The molecule has 0 aliphatic carbocycles. The van der Waals surface area contributed by atoms with Gasteiger partial charge in [0.15, 0.2) is 4.11 Å². The third kappa shape index (κ3) is 6.48. The topological polar surface area (TPSA) is 114 Å². The van der Waals surface area contributed by atoms with Crippen LogP contribution in [0.1, 0.15) is 54.9 Å². The van der Waals surface area contributed by atoms with Gasteiger partial charge in [0, 0.05) is 6.42 Å². The average Bonchev–Trinajstić information content (AvgIpc) is 2.72. The molecule has 0 unspecified atom stereocenters. The lowest BCUT2D eigenvalue weighted by Gasteiger charge is -2.35. The molecule has 9 heteroatoms. The maximum atomic E-state index is 13.0. The largest absolute Gasteiger partial charge is 0.451 e. The second kappa shape index (κ2) is 8.50. The summed E-state index contributed by atoms with van der Waals surface area (Å²) < 4.78 is 10.1. The van der Waals surface area contributed by atoms with Crippen LogP contribution >= 0.6 is 22.6 Å². The standard InChI is InChI=1S/C18H31IN2O6/c1-16(2,3)10(9-22)20-13(23)12(21-15(25)27-17(4,5)6)18(7)8-11(19)26-14(18)24/h10-12,22H,8-9H2,1-7H3,(H,20,23)(H,21,25)/t10-,11-,12-,18-/m0/s1. The third-order valence-electron chi connectivity index (χ3n) is 4.39. The van der Waals surface area contributed by atoms with Crippen molar-refractivity contribution in [1.29, 1.82) is 0 Å². The predicted molar refractivity (Wildman–Crippen MR) is 108 cm³/mol. The summed E-state index contributed by atoms with van der Waals surface area (Å²) in [4.78, 5) is 37.7. The first-order valence-electron chi connectivity index (χ1n) is 8.86. The molecule has 0 spiro atoms. The number of hydrogen-bond donors (Lipinski definition) is 3. The molecule has 0 aromatic rings. The number of hydrogen-bond acceptors (Lipinski definition) is 6. The number of alkyl halides is 1.